The third-order valence-electron chi connectivity index (χ3n) is 2.43. The Bertz CT molecular complexity index is 504. The second-order valence-electron chi connectivity index (χ2n) is 4.13. The molecule has 0 bridgehead atoms. The molecule has 1 aromatic heterocycles. The van der Waals surface area contributed by atoms with Gasteiger partial charge in [0, 0.05) is 6.54 Å². The van der Waals surface area contributed by atoms with Gasteiger partial charge in [-0.2, -0.15) is 0 Å². The van der Waals surface area contributed by atoms with Crippen LogP contribution in [0.25, 0.3) is 11.0 Å². The number of imidazole rings is 1. The molecule has 0 unspecified atom stereocenters. The third-order valence-corrected chi connectivity index (χ3v) is 2.43. The lowest BCUT2D eigenvalue weighted by atomic mass is 10.2. The number of nitrogens with zero attached hydrogens (tertiary/aromatic N) is 2. The maximum atomic E-state index is 11.0. The van der Waals surface area contributed by atoms with Crippen LogP contribution in [0.2, 0.25) is 0 Å². The second-order valence-corrected chi connectivity index (χ2v) is 4.13. The Morgan fingerprint density at radius 2 is 2.31 bits per heavy atom. The predicted molar refractivity (Wildman–Crippen MR) is 63.1 cm³/mol. The number of aromatic nitrogens is 2. The highest BCUT2D eigenvalue weighted by Crippen LogP contribution is 2.12. The quantitative estimate of drug-likeness (QED) is 0.846. The molecule has 2 rings (SSSR count). The molecule has 1 N–H and O–H groups in total. The minimum absolute atomic E-state index is 0.185. The molecule has 0 atom stereocenters. The molecule has 0 saturated carbocycles. The van der Waals surface area contributed by atoms with Crippen LogP contribution in [0, 0.1) is 0 Å². The van der Waals surface area contributed by atoms with Crippen LogP contribution in [-0.4, -0.2) is 34.2 Å². The molecule has 0 amide bonds. The zero-order valence-electron chi connectivity index (χ0n) is 9.53. The van der Waals surface area contributed by atoms with Crippen molar-refractivity contribution in [2.75, 3.05) is 13.6 Å². The monoisotopic (exact) mass is 217 g/mol. The molecule has 1 heterocycles. The van der Waals surface area contributed by atoms with Gasteiger partial charge in [-0.1, -0.05) is 6.07 Å². The first-order valence-electron chi connectivity index (χ1n) is 5.25. The van der Waals surface area contributed by atoms with Gasteiger partial charge in [-0.05, 0) is 31.7 Å². The zero-order valence-corrected chi connectivity index (χ0v) is 9.53. The Labute approximate surface area is 94.3 Å². The lowest BCUT2D eigenvalue weighted by molar-refractivity contribution is -0.117. The molecule has 0 radical (unpaired) electrons. The van der Waals surface area contributed by atoms with Gasteiger partial charge in [0.1, 0.15) is 5.78 Å². The molecule has 0 aliphatic carbocycles. The van der Waals surface area contributed by atoms with Crippen LogP contribution in [0.1, 0.15) is 12.5 Å². The van der Waals surface area contributed by atoms with Gasteiger partial charge in [-0.25, -0.2) is 4.98 Å². The Morgan fingerprint density at radius 3 is 3.06 bits per heavy atom. The third kappa shape index (κ3) is 2.46. The summed E-state index contributed by atoms with van der Waals surface area (Å²) >= 11 is 0. The van der Waals surface area contributed by atoms with Crippen molar-refractivity contribution in [2.24, 2.45) is 0 Å². The molecule has 0 fully saturated rings. The highest BCUT2D eigenvalue weighted by Gasteiger charge is 2.04. The SMILES string of the molecule is CC(=O)CN(C)Cc1ccc2nc[nH]c2c1. The maximum Gasteiger partial charge on any atom is 0.143 e. The highest BCUT2D eigenvalue weighted by molar-refractivity contribution is 5.77. The van der Waals surface area contributed by atoms with E-state index in [9.17, 15) is 4.79 Å². The van der Waals surface area contributed by atoms with Crippen molar-refractivity contribution in [3.8, 4) is 0 Å². The average Bonchev–Trinajstić information content (AvgIpc) is 2.63. The lowest BCUT2D eigenvalue weighted by Crippen LogP contribution is -2.23. The van der Waals surface area contributed by atoms with Crippen molar-refractivity contribution >= 4 is 16.8 Å². The minimum Gasteiger partial charge on any atom is -0.345 e. The topological polar surface area (TPSA) is 49.0 Å². The molecule has 16 heavy (non-hydrogen) atoms. The van der Waals surface area contributed by atoms with Crippen LogP contribution >= 0.6 is 0 Å². The Morgan fingerprint density at radius 1 is 1.50 bits per heavy atom. The van der Waals surface area contributed by atoms with Gasteiger partial charge in [0.05, 0.1) is 23.9 Å². The van der Waals surface area contributed by atoms with Crippen LogP contribution in [-0.2, 0) is 11.3 Å². The fraction of sp³-hybridized carbons (Fsp3) is 0.333. The van der Waals surface area contributed by atoms with Crippen molar-refractivity contribution in [1.29, 1.82) is 0 Å². The van der Waals surface area contributed by atoms with Crippen LogP contribution < -0.4 is 0 Å². The molecule has 0 aliphatic rings. The van der Waals surface area contributed by atoms with E-state index < -0.39 is 0 Å². The summed E-state index contributed by atoms with van der Waals surface area (Å²) in [5, 5.41) is 0. The van der Waals surface area contributed by atoms with Crippen molar-refractivity contribution in [1.82, 2.24) is 14.9 Å². The standard InChI is InChI=1S/C12H15N3O/c1-9(16)6-15(2)7-10-3-4-11-12(5-10)14-8-13-11/h3-5,8H,6-7H2,1-2H3,(H,13,14). The molecule has 0 aliphatic heterocycles. The summed E-state index contributed by atoms with van der Waals surface area (Å²) in [6.45, 7) is 2.87. The number of rotatable bonds is 4. The van der Waals surface area contributed by atoms with Gasteiger partial charge in [0.2, 0.25) is 0 Å². The number of carbonyl (C=O) groups is 1. The van der Waals surface area contributed by atoms with Crippen LogP contribution in [0.3, 0.4) is 0 Å². The van der Waals surface area contributed by atoms with Crippen molar-refractivity contribution in [2.45, 2.75) is 13.5 Å². The van der Waals surface area contributed by atoms with Gasteiger partial charge in [-0.3, -0.25) is 9.69 Å². The fourth-order valence-electron chi connectivity index (χ4n) is 1.83. The van der Waals surface area contributed by atoms with E-state index in [0.29, 0.717) is 6.54 Å². The molecule has 1 aromatic carbocycles. The summed E-state index contributed by atoms with van der Waals surface area (Å²) < 4.78 is 0. The predicted octanol–water partition coefficient (Wildman–Crippen LogP) is 1.58. The van der Waals surface area contributed by atoms with E-state index in [-0.39, 0.29) is 5.78 Å². The fourth-order valence-corrected chi connectivity index (χ4v) is 1.83. The Kier molecular flexibility index (Phi) is 3.01. The largest absolute Gasteiger partial charge is 0.345 e. The number of benzene rings is 1. The Hall–Kier alpha value is -1.68. The van der Waals surface area contributed by atoms with Gasteiger partial charge < -0.3 is 4.98 Å². The van der Waals surface area contributed by atoms with Crippen LogP contribution in [0.4, 0.5) is 0 Å². The number of likely N-dealkylation sites (N-methyl/N-ethyl adjacent to an activating group) is 1. The van der Waals surface area contributed by atoms with Gasteiger partial charge in [0.25, 0.3) is 0 Å². The molecular weight excluding hydrogens is 202 g/mol. The molecule has 2 aromatic rings. The Balaban J connectivity index is 2.11. The van der Waals surface area contributed by atoms with Gasteiger partial charge in [-0.15, -0.1) is 0 Å². The normalized spacial score (nSPS) is 11.2. The molecular formula is C12H15N3O. The first-order valence-corrected chi connectivity index (χ1v) is 5.25. The number of H-pyrrole nitrogens is 1. The average molecular weight is 217 g/mol. The number of nitrogens with one attached hydrogen (secondary N) is 1. The van der Waals surface area contributed by atoms with Crippen molar-refractivity contribution < 1.29 is 4.79 Å². The number of Topliss-reactive ketones (excluding diaryl/α,β-unsaturated/α-hetero) is 1. The maximum absolute atomic E-state index is 11.0. The van der Waals surface area contributed by atoms with E-state index in [1.54, 1.807) is 13.3 Å². The van der Waals surface area contributed by atoms with E-state index in [1.165, 1.54) is 5.56 Å². The van der Waals surface area contributed by atoms with Crippen molar-refractivity contribution in [3.63, 3.8) is 0 Å². The minimum atomic E-state index is 0.185. The summed E-state index contributed by atoms with van der Waals surface area (Å²) in [5.41, 5.74) is 3.19. The van der Waals surface area contributed by atoms with E-state index in [4.69, 9.17) is 0 Å². The molecule has 4 nitrogen and oxygen atoms in total. The van der Waals surface area contributed by atoms with Crippen LogP contribution in [0.5, 0.6) is 0 Å². The number of ketones is 1. The van der Waals surface area contributed by atoms with Crippen molar-refractivity contribution in [3.05, 3.63) is 30.1 Å². The number of aromatic amines is 1. The summed E-state index contributed by atoms with van der Waals surface area (Å²) in [6, 6.07) is 6.10. The first-order chi connectivity index (χ1) is 7.65. The number of hydrogen-bond acceptors (Lipinski definition) is 3. The number of hydrogen-bond donors (Lipinski definition) is 1. The van der Waals surface area contributed by atoms with Gasteiger partial charge in [0.15, 0.2) is 0 Å². The molecule has 0 saturated heterocycles. The lowest BCUT2D eigenvalue weighted by Gasteiger charge is -2.14. The zero-order chi connectivity index (χ0) is 11.5. The summed E-state index contributed by atoms with van der Waals surface area (Å²) in [7, 11) is 1.94. The number of fused-ring (bicyclic) bond motifs is 1. The van der Waals surface area contributed by atoms with E-state index in [2.05, 4.69) is 16.0 Å². The summed E-state index contributed by atoms with van der Waals surface area (Å²) in [5.74, 6) is 0.185. The molecule has 4 heteroatoms. The van der Waals surface area contributed by atoms with Gasteiger partial charge >= 0.3 is 0 Å². The molecule has 0 spiro atoms. The second kappa shape index (κ2) is 4.45. The number of carbonyl (C=O) groups excluding carboxylic acids is 1. The van der Waals surface area contributed by atoms with E-state index in [0.717, 1.165) is 17.6 Å². The molecule has 84 valence electrons. The van der Waals surface area contributed by atoms with E-state index >= 15 is 0 Å². The summed E-state index contributed by atoms with van der Waals surface area (Å²) in [4.78, 5) is 20.2. The van der Waals surface area contributed by atoms with E-state index in [1.807, 2.05) is 24.1 Å². The first kappa shape index (κ1) is 10.8. The van der Waals surface area contributed by atoms with Crippen LogP contribution in [0.15, 0.2) is 24.5 Å². The highest BCUT2D eigenvalue weighted by atomic mass is 16.1. The summed E-state index contributed by atoms with van der Waals surface area (Å²) in [6.07, 6.45) is 1.69. The smallest absolute Gasteiger partial charge is 0.143 e.